The molecule has 102 valence electrons. The van der Waals surface area contributed by atoms with E-state index in [0.29, 0.717) is 6.04 Å². The number of hydrogen-bond donors (Lipinski definition) is 2. The third-order valence-corrected chi connectivity index (χ3v) is 3.60. The van der Waals surface area contributed by atoms with E-state index in [-0.39, 0.29) is 18.4 Å². The molecule has 0 atom stereocenters. The molecule has 2 fully saturated rings. The Labute approximate surface area is 109 Å². The average Bonchev–Trinajstić information content (AvgIpc) is 2.40. The lowest BCUT2D eigenvalue weighted by Crippen LogP contribution is -2.55. The zero-order valence-electron chi connectivity index (χ0n) is 11.0. The van der Waals surface area contributed by atoms with Crippen LogP contribution in [0.25, 0.3) is 0 Å². The molecule has 1 amide bonds. The second kappa shape index (κ2) is 7.31. The zero-order valence-corrected chi connectivity index (χ0v) is 11.0. The maximum absolute atomic E-state index is 11.4. The van der Waals surface area contributed by atoms with E-state index in [1.807, 2.05) is 4.90 Å². The molecular weight excluding hydrogens is 230 g/mol. The molecule has 18 heavy (non-hydrogen) atoms. The van der Waals surface area contributed by atoms with E-state index in [0.717, 1.165) is 39.0 Å². The Bertz CT molecular complexity index is 300. The van der Waals surface area contributed by atoms with Gasteiger partial charge in [0.05, 0.1) is 18.5 Å². The molecule has 2 aliphatic heterocycles. The standard InChI is InChI=1S/C11H18N4O.CH5N/c12-5-9-7-15(8-9)10-1-3-14(4-2-10)11(16)6-13;1-2/h9-10H,1-4,6-8,13H2;2H2,1H3. The van der Waals surface area contributed by atoms with Crippen LogP contribution in [-0.4, -0.2) is 61.5 Å². The van der Waals surface area contributed by atoms with Gasteiger partial charge in [-0.3, -0.25) is 9.69 Å². The first-order valence-electron chi connectivity index (χ1n) is 6.44. The first-order valence-corrected chi connectivity index (χ1v) is 6.44. The van der Waals surface area contributed by atoms with Crippen molar-refractivity contribution in [1.82, 2.24) is 9.80 Å². The van der Waals surface area contributed by atoms with Crippen molar-refractivity contribution in [3.63, 3.8) is 0 Å². The van der Waals surface area contributed by atoms with Crippen LogP contribution >= 0.6 is 0 Å². The lowest BCUT2D eigenvalue weighted by atomic mass is 9.94. The van der Waals surface area contributed by atoms with Gasteiger partial charge in [-0.2, -0.15) is 5.26 Å². The fourth-order valence-electron chi connectivity index (χ4n) is 2.50. The third kappa shape index (κ3) is 3.42. The molecule has 6 heteroatoms. The van der Waals surface area contributed by atoms with Gasteiger partial charge in [0.15, 0.2) is 0 Å². The topological polar surface area (TPSA) is 99.4 Å². The molecule has 0 aromatic heterocycles. The maximum Gasteiger partial charge on any atom is 0.236 e. The summed E-state index contributed by atoms with van der Waals surface area (Å²) < 4.78 is 0. The van der Waals surface area contributed by atoms with Gasteiger partial charge < -0.3 is 16.4 Å². The van der Waals surface area contributed by atoms with E-state index in [1.165, 1.54) is 7.05 Å². The van der Waals surface area contributed by atoms with E-state index in [2.05, 4.69) is 16.7 Å². The molecule has 0 aromatic rings. The fraction of sp³-hybridized carbons (Fsp3) is 0.833. The Morgan fingerprint density at radius 1 is 1.33 bits per heavy atom. The highest BCUT2D eigenvalue weighted by molar-refractivity contribution is 5.78. The van der Waals surface area contributed by atoms with Crippen molar-refractivity contribution in [2.75, 3.05) is 39.8 Å². The molecular formula is C12H23N5O. The fourth-order valence-corrected chi connectivity index (χ4v) is 2.50. The summed E-state index contributed by atoms with van der Waals surface area (Å²) in [6.45, 7) is 3.56. The zero-order chi connectivity index (χ0) is 13.5. The summed E-state index contributed by atoms with van der Waals surface area (Å²) in [6.07, 6.45) is 2.04. The molecule has 2 heterocycles. The summed E-state index contributed by atoms with van der Waals surface area (Å²) in [5.74, 6) is 0.278. The van der Waals surface area contributed by atoms with E-state index < -0.39 is 0 Å². The minimum atomic E-state index is 0.0527. The monoisotopic (exact) mass is 253 g/mol. The molecule has 2 saturated heterocycles. The van der Waals surface area contributed by atoms with Gasteiger partial charge in [0, 0.05) is 32.2 Å². The highest BCUT2D eigenvalue weighted by atomic mass is 16.2. The second-order valence-electron chi connectivity index (χ2n) is 4.60. The van der Waals surface area contributed by atoms with Crippen molar-refractivity contribution < 1.29 is 4.79 Å². The van der Waals surface area contributed by atoms with Crippen LogP contribution in [0.2, 0.25) is 0 Å². The third-order valence-electron chi connectivity index (χ3n) is 3.60. The second-order valence-corrected chi connectivity index (χ2v) is 4.60. The largest absolute Gasteiger partial charge is 0.341 e. The van der Waals surface area contributed by atoms with Crippen molar-refractivity contribution in [2.24, 2.45) is 17.4 Å². The Morgan fingerprint density at radius 3 is 2.33 bits per heavy atom. The number of carbonyl (C=O) groups excluding carboxylic acids is 1. The molecule has 0 radical (unpaired) electrons. The molecule has 6 nitrogen and oxygen atoms in total. The summed E-state index contributed by atoms with van der Waals surface area (Å²) in [7, 11) is 1.50. The van der Waals surface area contributed by atoms with Crippen molar-refractivity contribution in [3.05, 3.63) is 0 Å². The number of nitrogens with two attached hydrogens (primary N) is 2. The Hall–Kier alpha value is -1.16. The maximum atomic E-state index is 11.4. The number of nitriles is 1. The number of likely N-dealkylation sites (tertiary alicyclic amines) is 2. The van der Waals surface area contributed by atoms with Gasteiger partial charge in [-0.25, -0.2) is 0 Å². The van der Waals surface area contributed by atoms with Gasteiger partial charge in [-0.05, 0) is 19.9 Å². The van der Waals surface area contributed by atoms with Gasteiger partial charge in [0.1, 0.15) is 0 Å². The van der Waals surface area contributed by atoms with Gasteiger partial charge in [0.2, 0.25) is 5.91 Å². The molecule has 0 aromatic carbocycles. The normalized spacial score (nSPS) is 21.6. The van der Waals surface area contributed by atoms with E-state index in [1.54, 1.807) is 0 Å². The van der Waals surface area contributed by atoms with Gasteiger partial charge in [0.25, 0.3) is 0 Å². The van der Waals surface area contributed by atoms with Crippen molar-refractivity contribution >= 4 is 5.91 Å². The van der Waals surface area contributed by atoms with Crippen LogP contribution in [-0.2, 0) is 4.79 Å². The lowest BCUT2D eigenvalue weighted by Gasteiger charge is -2.45. The molecule has 2 rings (SSSR count). The van der Waals surface area contributed by atoms with Crippen LogP contribution in [0.3, 0.4) is 0 Å². The SMILES string of the molecule is CN.N#CC1CN(C2CCN(C(=O)CN)CC2)C1. The summed E-state index contributed by atoms with van der Waals surface area (Å²) in [5.41, 5.74) is 9.83. The first kappa shape index (κ1) is 14.9. The van der Waals surface area contributed by atoms with Crippen LogP contribution < -0.4 is 11.5 Å². The smallest absolute Gasteiger partial charge is 0.236 e. The average molecular weight is 253 g/mol. The molecule has 0 spiro atoms. The lowest BCUT2D eigenvalue weighted by molar-refractivity contribution is -0.131. The number of carbonyl (C=O) groups is 1. The number of hydrogen-bond acceptors (Lipinski definition) is 5. The summed E-state index contributed by atoms with van der Waals surface area (Å²) in [6, 6.07) is 2.85. The number of amides is 1. The van der Waals surface area contributed by atoms with Gasteiger partial charge in [-0.15, -0.1) is 0 Å². The van der Waals surface area contributed by atoms with Crippen LogP contribution in [0.15, 0.2) is 0 Å². The Balaban J connectivity index is 0.000000771. The molecule has 2 aliphatic rings. The van der Waals surface area contributed by atoms with Crippen LogP contribution in [0.5, 0.6) is 0 Å². The predicted molar refractivity (Wildman–Crippen MR) is 69.4 cm³/mol. The molecule has 0 unspecified atom stereocenters. The minimum Gasteiger partial charge on any atom is -0.341 e. The van der Waals surface area contributed by atoms with E-state index >= 15 is 0 Å². The number of rotatable bonds is 2. The van der Waals surface area contributed by atoms with Crippen molar-refractivity contribution in [3.8, 4) is 6.07 Å². The summed E-state index contributed by atoms with van der Waals surface area (Å²) in [5, 5.41) is 8.71. The molecule has 0 saturated carbocycles. The minimum absolute atomic E-state index is 0.0527. The number of nitrogens with zero attached hydrogens (tertiary/aromatic N) is 3. The number of piperidine rings is 1. The molecule has 4 N–H and O–H groups in total. The van der Waals surface area contributed by atoms with Crippen molar-refractivity contribution in [1.29, 1.82) is 5.26 Å². The van der Waals surface area contributed by atoms with Crippen LogP contribution in [0, 0.1) is 17.2 Å². The van der Waals surface area contributed by atoms with Crippen LogP contribution in [0.4, 0.5) is 0 Å². The summed E-state index contributed by atoms with van der Waals surface area (Å²) >= 11 is 0. The van der Waals surface area contributed by atoms with Crippen LogP contribution in [0.1, 0.15) is 12.8 Å². The Morgan fingerprint density at radius 2 is 1.89 bits per heavy atom. The highest BCUT2D eigenvalue weighted by Gasteiger charge is 2.34. The molecule has 0 aliphatic carbocycles. The van der Waals surface area contributed by atoms with Gasteiger partial charge >= 0.3 is 0 Å². The van der Waals surface area contributed by atoms with Gasteiger partial charge in [-0.1, -0.05) is 0 Å². The van der Waals surface area contributed by atoms with E-state index in [9.17, 15) is 4.79 Å². The first-order chi connectivity index (χ1) is 8.74. The Kier molecular flexibility index (Phi) is 6.05. The van der Waals surface area contributed by atoms with E-state index in [4.69, 9.17) is 11.0 Å². The quantitative estimate of drug-likeness (QED) is 0.655. The van der Waals surface area contributed by atoms with Crippen molar-refractivity contribution in [2.45, 2.75) is 18.9 Å². The molecule has 0 bridgehead atoms. The summed E-state index contributed by atoms with van der Waals surface area (Å²) in [4.78, 5) is 15.6. The highest BCUT2D eigenvalue weighted by Crippen LogP contribution is 2.24. The predicted octanol–water partition coefficient (Wildman–Crippen LogP) is -1.03.